The molecule has 0 saturated carbocycles. The van der Waals surface area contributed by atoms with E-state index in [4.69, 9.17) is 20.8 Å². The molecule has 0 fully saturated rings. The Labute approximate surface area is 179 Å². The molecule has 0 saturated heterocycles. The third-order valence-electron chi connectivity index (χ3n) is 4.52. The molecule has 0 radical (unpaired) electrons. The molecule has 0 unspecified atom stereocenters. The van der Waals surface area contributed by atoms with Crippen molar-refractivity contribution in [3.05, 3.63) is 113 Å². The minimum absolute atomic E-state index is 0.252. The lowest BCUT2D eigenvalue weighted by Crippen LogP contribution is -2.30. The molecule has 0 aliphatic heterocycles. The van der Waals surface area contributed by atoms with E-state index < -0.39 is 0 Å². The predicted octanol–water partition coefficient (Wildman–Crippen LogP) is 5.75. The monoisotopic (exact) mass is 418 g/mol. The first-order valence-corrected chi connectivity index (χ1v) is 9.80. The Bertz CT molecular complexity index is 1100. The quantitative estimate of drug-likeness (QED) is 0.383. The van der Waals surface area contributed by atoms with E-state index >= 15 is 0 Å². The second-order valence-corrected chi connectivity index (χ2v) is 6.99. The number of hydrogen-bond donors (Lipinski definition) is 0. The van der Waals surface area contributed by atoms with Crippen LogP contribution in [0.1, 0.15) is 21.7 Å². The Balaban J connectivity index is 1.48. The normalized spacial score (nSPS) is 10.6. The average Bonchev–Trinajstić information content (AvgIpc) is 3.33. The highest BCUT2D eigenvalue weighted by molar-refractivity contribution is 6.31. The summed E-state index contributed by atoms with van der Waals surface area (Å²) in [4.78, 5) is 18.8. The maximum Gasteiger partial charge on any atom is 0.295 e. The summed E-state index contributed by atoms with van der Waals surface area (Å²) in [6.45, 7) is 0.734. The minimum atomic E-state index is -0.252. The van der Waals surface area contributed by atoms with Crippen molar-refractivity contribution in [2.75, 3.05) is 4.90 Å². The van der Waals surface area contributed by atoms with E-state index in [1.54, 1.807) is 29.3 Å². The van der Waals surface area contributed by atoms with Crippen LogP contribution in [0.5, 0.6) is 5.75 Å². The van der Waals surface area contributed by atoms with Crippen molar-refractivity contribution < 1.29 is 13.9 Å². The molecule has 4 rings (SSSR count). The van der Waals surface area contributed by atoms with E-state index in [9.17, 15) is 4.79 Å². The number of anilines is 1. The fraction of sp³-hybridized carbons (Fsp3) is 0.0833. The molecular formula is C24H19ClN2O3. The highest BCUT2D eigenvalue weighted by atomic mass is 35.5. The van der Waals surface area contributed by atoms with Crippen LogP contribution >= 0.6 is 11.6 Å². The van der Waals surface area contributed by atoms with Crippen LogP contribution in [-0.4, -0.2) is 10.9 Å². The summed E-state index contributed by atoms with van der Waals surface area (Å²) in [7, 11) is 0. The van der Waals surface area contributed by atoms with Gasteiger partial charge in [0.05, 0.1) is 12.8 Å². The molecule has 5 nitrogen and oxygen atoms in total. The van der Waals surface area contributed by atoms with Crippen LogP contribution in [0.2, 0.25) is 5.02 Å². The Morgan fingerprint density at radius 1 is 0.967 bits per heavy atom. The second-order valence-electron chi connectivity index (χ2n) is 6.58. The largest absolute Gasteiger partial charge is 0.489 e. The van der Waals surface area contributed by atoms with E-state index in [1.807, 2.05) is 60.7 Å². The van der Waals surface area contributed by atoms with E-state index in [2.05, 4.69) is 4.98 Å². The van der Waals surface area contributed by atoms with Crippen molar-refractivity contribution >= 4 is 23.3 Å². The molecule has 150 valence electrons. The lowest BCUT2D eigenvalue weighted by molar-refractivity contribution is 0.0957. The van der Waals surface area contributed by atoms with Crippen LogP contribution < -0.4 is 9.64 Å². The number of hydrogen-bond acceptors (Lipinski definition) is 4. The third-order valence-corrected chi connectivity index (χ3v) is 4.89. The average molecular weight is 419 g/mol. The van der Waals surface area contributed by atoms with E-state index in [0.29, 0.717) is 24.0 Å². The van der Waals surface area contributed by atoms with Gasteiger partial charge in [0.1, 0.15) is 18.2 Å². The van der Waals surface area contributed by atoms with Crippen molar-refractivity contribution in [1.82, 2.24) is 4.98 Å². The van der Waals surface area contributed by atoms with Crippen molar-refractivity contribution in [3.63, 3.8) is 0 Å². The zero-order chi connectivity index (χ0) is 20.8. The number of benzene rings is 2. The van der Waals surface area contributed by atoms with Crippen LogP contribution in [0.3, 0.4) is 0 Å². The fourth-order valence-electron chi connectivity index (χ4n) is 2.95. The molecular weight excluding hydrogens is 400 g/mol. The number of aromatic nitrogens is 1. The number of ether oxygens (including phenoxy) is 1. The van der Waals surface area contributed by atoms with E-state index in [0.717, 1.165) is 16.9 Å². The Hall–Kier alpha value is -3.57. The Morgan fingerprint density at radius 2 is 1.77 bits per heavy atom. The van der Waals surface area contributed by atoms with Gasteiger partial charge in [-0.3, -0.25) is 9.69 Å². The molecule has 1 amide bonds. The second kappa shape index (κ2) is 9.29. The summed E-state index contributed by atoms with van der Waals surface area (Å²) in [5.74, 6) is 1.29. The molecule has 2 heterocycles. The summed E-state index contributed by atoms with van der Waals surface area (Å²) < 4.78 is 11.1. The number of amides is 1. The molecule has 0 atom stereocenters. The SMILES string of the molecule is O=C(c1ccco1)N(Cc1ccc(OCc2ccccc2Cl)cc1)c1ccccn1. The third kappa shape index (κ3) is 4.70. The molecule has 0 aliphatic carbocycles. The number of nitrogens with zero attached hydrogens (tertiary/aromatic N) is 2. The smallest absolute Gasteiger partial charge is 0.295 e. The number of rotatable bonds is 7. The highest BCUT2D eigenvalue weighted by Gasteiger charge is 2.21. The van der Waals surface area contributed by atoms with Crippen LogP contribution in [-0.2, 0) is 13.2 Å². The van der Waals surface area contributed by atoms with Crippen LogP contribution in [0, 0.1) is 0 Å². The van der Waals surface area contributed by atoms with E-state index in [-0.39, 0.29) is 11.7 Å². The highest BCUT2D eigenvalue weighted by Crippen LogP contribution is 2.22. The number of carbonyl (C=O) groups is 1. The predicted molar refractivity (Wildman–Crippen MR) is 116 cm³/mol. The molecule has 2 aromatic heterocycles. The van der Waals surface area contributed by atoms with Gasteiger partial charge < -0.3 is 9.15 Å². The zero-order valence-electron chi connectivity index (χ0n) is 16.1. The topological polar surface area (TPSA) is 55.6 Å². The van der Waals surface area contributed by atoms with Gasteiger partial charge in [0, 0.05) is 16.8 Å². The number of halogens is 1. The number of carbonyl (C=O) groups excluding carboxylic acids is 1. The van der Waals surface area contributed by atoms with E-state index in [1.165, 1.54) is 6.26 Å². The minimum Gasteiger partial charge on any atom is -0.489 e. The van der Waals surface area contributed by atoms with Gasteiger partial charge in [-0.25, -0.2) is 4.98 Å². The van der Waals surface area contributed by atoms with Gasteiger partial charge in [0.2, 0.25) is 0 Å². The number of furan rings is 1. The van der Waals surface area contributed by atoms with Crippen LogP contribution in [0.15, 0.2) is 95.7 Å². The van der Waals surface area contributed by atoms with Crippen molar-refractivity contribution in [2.45, 2.75) is 13.2 Å². The molecule has 4 aromatic rings. The molecule has 0 spiro atoms. The summed E-state index contributed by atoms with van der Waals surface area (Å²) in [5, 5.41) is 0.677. The molecule has 0 bridgehead atoms. The molecule has 30 heavy (non-hydrogen) atoms. The number of pyridine rings is 1. The Kier molecular flexibility index (Phi) is 6.11. The summed E-state index contributed by atoms with van der Waals surface area (Å²) in [5.41, 5.74) is 1.86. The van der Waals surface area contributed by atoms with Crippen LogP contribution in [0.4, 0.5) is 5.82 Å². The first kappa shape index (κ1) is 19.7. The lowest BCUT2D eigenvalue weighted by Gasteiger charge is -2.21. The van der Waals surface area contributed by atoms with Gasteiger partial charge in [0.25, 0.3) is 5.91 Å². The molecule has 0 N–H and O–H groups in total. The molecule has 2 aromatic carbocycles. The van der Waals surface area contributed by atoms with Crippen LogP contribution in [0.25, 0.3) is 0 Å². The standard InChI is InChI=1S/C24H19ClN2O3/c25-21-7-2-1-6-19(21)17-30-20-12-10-18(11-13-20)16-27(23-9-3-4-14-26-23)24(28)22-8-5-15-29-22/h1-15H,16-17H2. The van der Waals surface area contributed by atoms with Gasteiger partial charge in [-0.1, -0.05) is 48.0 Å². The molecule has 6 heteroatoms. The summed E-state index contributed by atoms with van der Waals surface area (Å²) in [6, 6.07) is 24.0. The molecule has 0 aliphatic rings. The van der Waals surface area contributed by atoms with Gasteiger partial charge in [0.15, 0.2) is 5.76 Å². The summed E-state index contributed by atoms with van der Waals surface area (Å²) >= 11 is 6.17. The van der Waals surface area contributed by atoms with Gasteiger partial charge in [-0.15, -0.1) is 0 Å². The summed E-state index contributed by atoms with van der Waals surface area (Å²) in [6.07, 6.45) is 3.14. The van der Waals surface area contributed by atoms with Crippen molar-refractivity contribution in [2.24, 2.45) is 0 Å². The maximum absolute atomic E-state index is 12.9. The first-order chi connectivity index (χ1) is 14.7. The van der Waals surface area contributed by atoms with Gasteiger partial charge >= 0.3 is 0 Å². The first-order valence-electron chi connectivity index (χ1n) is 9.42. The van der Waals surface area contributed by atoms with Crippen molar-refractivity contribution in [1.29, 1.82) is 0 Å². The zero-order valence-corrected chi connectivity index (χ0v) is 16.8. The van der Waals surface area contributed by atoms with Gasteiger partial charge in [-0.2, -0.15) is 0 Å². The Morgan fingerprint density at radius 3 is 2.47 bits per heavy atom. The van der Waals surface area contributed by atoms with Gasteiger partial charge in [-0.05, 0) is 48.0 Å². The lowest BCUT2D eigenvalue weighted by atomic mass is 10.2. The fourth-order valence-corrected chi connectivity index (χ4v) is 3.14. The maximum atomic E-state index is 12.9. The van der Waals surface area contributed by atoms with Crippen molar-refractivity contribution in [3.8, 4) is 5.75 Å².